The van der Waals surface area contributed by atoms with E-state index in [9.17, 15) is 4.79 Å². The Bertz CT molecular complexity index is 835. The van der Waals surface area contributed by atoms with Crippen molar-refractivity contribution >= 4 is 58.0 Å². The Balaban J connectivity index is 1.89. The van der Waals surface area contributed by atoms with Crippen molar-refractivity contribution < 1.29 is 4.79 Å². The van der Waals surface area contributed by atoms with Crippen LogP contribution in [0, 0.1) is 0 Å². The zero-order valence-electron chi connectivity index (χ0n) is 12.4. The van der Waals surface area contributed by atoms with E-state index < -0.39 is 0 Å². The second kappa shape index (κ2) is 7.32. The fraction of sp³-hybridized carbons (Fsp3) is 0.176. The van der Waals surface area contributed by atoms with E-state index in [1.807, 2.05) is 6.07 Å². The van der Waals surface area contributed by atoms with E-state index in [4.69, 9.17) is 46.4 Å². The van der Waals surface area contributed by atoms with E-state index in [-0.39, 0.29) is 5.91 Å². The molecule has 3 rings (SSSR count). The van der Waals surface area contributed by atoms with Crippen LogP contribution in [0.2, 0.25) is 20.1 Å². The minimum Gasteiger partial charge on any atom is -0.267 e. The summed E-state index contributed by atoms with van der Waals surface area (Å²) in [6.45, 7) is 0.546. The highest BCUT2D eigenvalue weighted by Gasteiger charge is 2.21. The number of hydrazone groups is 1. The monoisotopic (exact) mass is 400 g/mol. The second-order valence-corrected chi connectivity index (χ2v) is 6.97. The molecule has 3 nitrogen and oxygen atoms in total. The predicted molar refractivity (Wildman–Crippen MR) is 99.7 cm³/mol. The molecule has 1 aliphatic rings. The highest BCUT2D eigenvalue weighted by atomic mass is 35.5. The maximum Gasteiger partial charge on any atom is 0.274 e. The lowest BCUT2D eigenvalue weighted by atomic mass is 10.0. The average molecular weight is 402 g/mol. The molecule has 0 atom stereocenters. The third-order valence-corrected chi connectivity index (χ3v) is 5.16. The molecule has 2 aromatic carbocycles. The third kappa shape index (κ3) is 3.70. The van der Waals surface area contributed by atoms with E-state index in [2.05, 4.69) is 5.10 Å². The predicted octanol–water partition coefficient (Wildman–Crippen LogP) is 5.94. The van der Waals surface area contributed by atoms with Crippen LogP contribution in [0.25, 0.3) is 0 Å². The molecule has 0 fully saturated rings. The van der Waals surface area contributed by atoms with Gasteiger partial charge in [0.15, 0.2) is 0 Å². The van der Waals surface area contributed by atoms with Crippen molar-refractivity contribution in [1.29, 1.82) is 0 Å². The number of rotatable bonds is 2. The summed E-state index contributed by atoms with van der Waals surface area (Å²) in [7, 11) is 0. The van der Waals surface area contributed by atoms with Crippen LogP contribution < -0.4 is 0 Å². The van der Waals surface area contributed by atoms with E-state index in [0.29, 0.717) is 32.2 Å². The van der Waals surface area contributed by atoms with Crippen molar-refractivity contribution in [3.63, 3.8) is 0 Å². The molecule has 0 N–H and O–H groups in total. The maximum absolute atomic E-state index is 12.6. The van der Waals surface area contributed by atoms with Crippen molar-refractivity contribution in [2.24, 2.45) is 5.10 Å². The molecule has 0 radical (unpaired) electrons. The topological polar surface area (TPSA) is 32.7 Å². The van der Waals surface area contributed by atoms with Gasteiger partial charge < -0.3 is 0 Å². The van der Waals surface area contributed by atoms with Gasteiger partial charge in [-0.3, -0.25) is 4.79 Å². The molecule has 1 amide bonds. The largest absolute Gasteiger partial charge is 0.274 e. The number of nitrogens with zero attached hydrogens (tertiary/aromatic N) is 2. The van der Waals surface area contributed by atoms with Crippen molar-refractivity contribution in [3.05, 3.63) is 67.6 Å². The van der Waals surface area contributed by atoms with Crippen LogP contribution in [0.1, 0.15) is 28.8 Å². The number of amides is 1. The Kier molecular flexibility index (Phi) is 5.36. The molecule has 0 saturated carbocycles. The highest BCUT2D eigenvalue weighted by Crippen LogP contribution is 2.26. The SMILES string of the molecule is O=C(c1ccc(Cl)c(Cl)c1)N1CCCC(c2ccc(Cl)c(Cl)c2)=N1. The van der Waals surface area contributed by atoms with Crippen molar-refractivity contribution in [1.82, 2.24) is 5.01 Å². The van der Waals surface area contributed by atoms with Crippen molar-refractivity contribution in [2.75, 3.05) is 6.54 Å². The number of carbonyl (C=O) groups is 1. The van der Waals surface area contributed by atoms with Gasteiger partial charge in [0.1, 0.15) is 0 Å². The fourth-order valence-corrected chi connectivity index (χ4v) is 3.04. The van der Waals surface area contributed by atoms with E-state index >= 15 is 0 Å². The summed E-state index contributed by atoms with van der Waals surface area (Å²) in [5, 5.41) is 7.62. The Morgan fingerprint density at radius 2 is 1.58 bits per heavy atom. The van der Waals surface area contributed by atoms with Gasteiger partial charge in [0.05, 0.1) is 25.8 Å². The summed E-state index contributed by atoms with van der Waals surface area (Å²) in [5.41, 5.74) is 2.10. The van der Waals surface area contributed by atoms with E-state index in [0.717, 1.165) is 24.1 Å². The van der Waals surface area contributed by atoms with Crippen LogP contribution in [-0.2, 0) is 0 Å². The van der Waals surface area contributed by atoms with Crippen molar-refractivity contribution in [2.45, 2.75) is 12.8 Å². The van der Waals surface area contributed by atoms with Crippen molar-refractivity contribution in [3.8, 4) is 0 Å². The Hall–Kier alpha value is -1.26. The summed E-state index contributed by atoms with van der Waals surface area (Å²) in [6, 6.07) is 10.1. The van der Waals surface area contributed by atoms with E-state index in [1.165, 1.54) is 5.01 Å². The highest BCUT2D eigenvalue weighted by molar-refractivity contribution is 6.42. The summed E-state index contributed by atoms with van der Waals surface area (Å²) < 4.78 is 0. The molecular formula is C17H12Cl4N2O. The molecule has 1 aliphatic heterocycles. The maximum atomic E-state index is 12.6. The van der Waals surface area contributed by atoms with Gasteiger partial charge in [-0.2, -0.15) is 5.10 Å². The molecule has 0 aliphatic carbocycles. The zero-order chi connectivity index (χ0) is 17.3. The quantitative estimate of drug-likeness (QED) is 0.612. The van der Waals surface area contributed by atoms with Gasteiger partial charge in [0, 0.05) is 12.1 Å². The molecule has 0 spiro atoms. The molecule has 24 heavy (non-hydrogen) atoms. The first-order chi connectivity index (χ1) is 11.5. The number of hydrogen-bond acceptors (Lipinski definition) is 2. The summed E-state index contributed by atoms with van der Waals surface area (Å²) in [6.07, 6.45) is 1.58. The van der Waals surface area contributed by atoms with Gasteiger partial charge >= 0.3 is 0 Å². The fourth-order valence-electron chi connectivity index (χ4n) is 2.44. The van der Waals surface area contributed by atoms with Gasteiger partial charge in [-0.05, 0) is 48.7 Å². The zero-order valence-corrected chi connectivity index (χ0v) is 15.4. The number of halogens is 4. The molecule has 0 saturated heterocycles. The Morgan fingerprint density at radius 1 is 0.917 bits per heavy atom. The lowest BCUT2D eigenvalue weighted by molar-refractivity contribution is 0.0751. The van der Waals surface area contributed by atoms with Crippen LogP contribution in [-0.4, -0.2) is 23.2 Å². The minimum absolute atomic E-state index is 0.217. The standard InChI is InChI=1S/C17H12Cl4N2O/c18-12-5-3-10(8-14(12)20)16-2-1-7-23(22-16)17(24)11-4-6-13(19)15(21)9-11/h3-6,8-9H,1-2,7H2. The van der Waals surface area contributed by atoms with Crippen LogP contribution in [0.4, 0.5) is 0 Å². The normalized spacial score (nSPS) is 14.5. The molecule has 124 valence electrons. The first-order valence-electron chi connectivity index (χ1n) is 7.25. The molecule has 7 heteroatoms. The van der Waals surface area contributed by atoms with Crippen LogP contribution in [0.5, 0.6) is 0 Å². The Labute approximate surface area is 159 Å². The Morgan fingerprint density at radius 3 is 2.25 bits per heavy atom. The molecule has 1 heterocycles. The number of hydrogen-bond donors (Lipinski definition) is 0. The van der Waals surface area contributed by atoms with E-state index in [1.54, 1.807) is 30.3 Å². The number of carbonyl (C=O) groups excluding carboxylic acids is 1. The summed E-state index contributed by atoms with van der Waals surface area (Å²) >= 11 is 23.9. The minimum atomic E-state index is -0.217. The lowest BCUT2D eigenvalue weighted by Crippen LogP contribution is -2.32. The molecule has 0 unspecified atom stereocenters. The number of benzene rings is 2. The van der Waals surface area contributed by atoms with Crippen LogP contribution in [0.15, 0.2) is 41.5 Å². The average Bonchev–Trinajstić information content (AvgIpc) is 2.59. The third-order valence-electron chi connectivity index (χ3n) is 3.68. The van der Waals surface area contributed by atoms with Gasteiger partial charge in [0.25, 0.3) is 5.91 Å². The first kappa shape index (κ1) is 17.6. The van der Waals surface area contributed by atoms with Crippen LogP contribution >= 0.6 is 46.4 Å². The second-order valence-electron chi connectivity index (χ2n) is 5.34. The molecule has 0 bridgehead atoms. The first-order valence-corrected chi connectivity index (χ1v) is 8.76. The van der Waals surface area contributed by atoms with Crippen LogP contribution in [0.3, 0.4) is 0 Å². The molecular weight excluding hydrogens is 390 g/mol. The van der Waals surface area contributed by atoms with Gasteiger partial charge in [-0.15, -0.1) is 0 Å². The smallest absolute Gasteiger partial charge is 0.267 e. The lowest BCUT2D eigenvalue weighted by Gasteiger charge is -2.24. The summed E-state index contributed by atoms with van der Waals surface area (Å²) in [5.74, 6) is -0.217. The van der Waals surface area contributed by atoms with Gasteiger partial charge in [-0.25, -0.2) is 5.01 Å². The van der Waals surface area contributed by atoms with Gasteiger partial charge in [0.2, 0.25) is 0 Å². The van der Waals surface area contributed by atoms with Gasteiger partial charge in [-0.1, -0.05) is 52.5 Å². The molecule has 2 aromatic rings. The molecule has 0 aromatic heterocycles. The summed E-state index contributed by atoms with van der Waals surface area (Å²) in [4.78, 5) is 12.6.